The summed E-state index contributed by atoms with van der Waals surface area (Å²) in [6.07, 6.45) is 3.33. The first-order valence-electron chi connectivity index (χ1n) is 12.2. The third-order valence-electron chi connectivity index (χ3n) is 6.43. The third-order valence-corrected chi connectivity index (χ3v) is 6.43. The Kier molecular flexibility index (Phi) is 8.27. The van der Waals surface area contributed by atoms with Gasteiger partial charge in [0.05, 0.1) is 18.2 Å². The average Bonchev–Trinajstić information content (AvgIpc) is 3.53. The van der Waals surface area contributed by atoms with Gasteiger partial charge in [-0.1, -0.05) is 5.57 Å². The largest absolute Gasteiger partial charge is 0.573 e. The zero-order valence-corrected chi connectivity index (χ0v) is 20.5. The number of alkyl halides is 3. The number of amidine groups is 1. The lowest BCUT2D eigenvalue weighted by molar-refractivity contribution is -0.274. The number of benzene rings is 1. The number of carbonyl (C=O) groups excluding carboxylic acids is 1. The molecule has 1 saturated heterocycles. The third kappa shape index (κ3) is 6.97. The molecule has 4 rings (SSSR count). The van der Waals surface area contributed by atoms with Gasteiger partial charge in [0.2, 0.25) is 6.41 Å². The number of allylic oxidation sites excluding steroid dienone is 1. The summed E-state index contributed by atoms with van der Waals surface area (Å²) in [6.45, 7) is 5.27. The molecule has 2 heterocycles. The van der Waals surface area contributed by atoms with Crippen LogP contribution in [0.5, 0.6) is 5.75 Å². The summed E-state index contributed by atoms with van der Waals surface area (Å²) in [5.74, 6) is -0.0995. The molecule has 0 unspecified atom stereocenters. The molecular formula is C25H29F3N6O3. The van der Waals surface area contributed by atoms with E-state index >= 15 is 0 Å². The summed E-state index contributed by atoms with van der Waals surface area (Å²) in [6, 6.07) is 4.79. The van der Waals surface area contributed by atoms with Crippen molar-refractivity contribution in [3.8, 4) is 5.75 Å². The van der Waals surface area contributed by atoms with Crippen LogP contribution in [-0.4, -0.2) is 52.7 Å². The molecule has 0 radical (unpaired) electrons. The molecule has 1 fully saturated rings. The lowest BCUT2D eigenvalue weighted by Gasteiger charge is -2.18. The van der Waals surface area contributed by atoms with E-state index in [1.165, 1.54) is 24.7 Å². The first-order chi connectivity index (χ1) is 17.7. The lowest BCUT2D eigenvalue weighted by Crippen LogP contribution is -2.32. The second-order valence-electron chi connectivity index (χ2n) is 9.03. The second kappa shape index (κ2) is 11.6. The first-order valence-corrected chi connectivity index (χ1v) is 12.2. The van der Waals surface area contributed by atoms with Crippen molar-refractivity contribution in [3.63, 3.8) is 0 Å². The van der Waals surface area contributed by atoms with E-state index in [1.807, 2.05) is 6.92 Å². The molecule has 2 aliphatic rings. The molecule has 37 heavy (non-hydrogen) atoms. The number of nitrogens with one attached hydrogen (secondary N) is 1. The van der Waals surface area contributed by atoms with Gasteiger partial charge in [-0.25, -0.2) is 9.99 Å². The van der Waals surface area contributed by atoms with E-state index in [4.69, 9.17) is 0 Å². The summed E-state index contributed by atoms with van der Waals surface area (Å²) in [7, 11) is 0. The van der Waals surface area contributed by atoms with Crippen LogP contribution in [0.25, 0.3) is 0 Å². The van der Waals surface area contributed by atoms with Crippen LogP contribution in [0.3, 0.4) is 0 Å². The van der Waals surface area contributed by atoms with E-state index in [9.17, 15) is 22.8 Å². The molecule has 0 atom stereocenters. The SMILES string of the molecule is CC1=C(/C(=N\N(C=O)c2ccc(OC(F)(F)F)cc2)Nc2cncn(CCN3CCCC3)c2=O)CCC1. The normalized spacial score (nSPS) is 16.8. The minimum atomic E-state index is -4.82. The predicted molar refractivity (Wildman–Crippen MR) is 133 cm³/mol. The molecule has 9 nitrogen and oxygen atoms in total. The molecule has 1 aromatic heterocycles. The van der Waals surface area contributed by atoms with Crippen LogP contribution in [0, 0.1) is 0 Å². The summed E-state index contributed by atoms with van der Waals surface area (Å²) in [4.78, 5) is 31.6. The van der Waals surface area contributed by atoms with Crippen molar-refractivity contribution >= 4 is 23.6 Å². The van der Waals surface area contributed by atoms with Crippen molar-refractivity contribution in [2.45, 2.75) is 51.9 Å². The van der Waals surface area contributed by atoms with Gasteiger partial charge in [-0.2, -0.15) is 0 Å². The number of hydrogen-bond acceptors (Lipinski definition) is 6. The van der Waals surface area contributed by atoms with Gasteiger partial charge in [-0.3, -0.25) is 14.2 Å². The average molecular weight is 519 g/mol. The van der Waals surface area contributed by atoms with Crippen molar-refractivity contribution in [3.05, 3.63) is 58.3 Å². The van der Waals surface area contributed by atoms with Crippen LogP contribution in [0.4, 0.5) is 24.5 Å². The molecule has 198 valence electrons. The highest BCUT2D eigenvalue weighted by Crippen LogP contribution is 2.28. The van der Waals surface area contributed by atoms with Crippen molar-refractivity contribution in [1.29, 1.82) is 0 Å². The van der Waals surface area contributed by atoms with Gasteiger partial charge in [0, 0.05) is 13.1 Å². The maximum atomic E-state index is 13.2. The monoisotopic (exact) mass is 518 g/mol. The Bertz CT molecular complexity index is 1220. The highest BCUT2D eigenvalue weighted by Gasteiger charge is 2.31. The number of nitrogens with zero attached hydrogens (tertiary/aromatic N) is 5. The molecule has 1 aliphatic carbocycles. The fourth-order valence-corrected chi connectivity index (χ4v) is 4.51. The molecule has 12 heteroatoms. The first kappa shape index (κ1) is 26.4. The van der Waals surface area contributed by atoms with Crippen LogP contribution >= 0.6 is 0 Å². The zero-order valence-electron chi connectivity index (χ0n) is 20.5. The maximum Gasteiger partial charge on any atom is 0.573 e. The van der Waals surface area contributed by atoms with E-state index in [1.54, 1.807) is 4.57 Å². The van der Waals surface area contributed by atoms with Crippen LogP contribution in [-0.2, 0) is 11.3 Å². The highest BCUT2D eigenvalue weighted by atomic mass is 19.4. The van der Waals surface area contributed by atoms with E-state index in [-0.39, 0.29) is 16.9 Å². The van der Waals surface area contributed by atoms with Gasteiger partial charge in [-0.15, -0.1) is 18.3 Å². The van der Waals surface area contributed by atoms with E-state index in [0.29, 0.717) is 25.2 Å². The van der Waals surface area contributed by atoms with Crippen LogP contribution in [0.2, 0.25) is 0 Å². The van der Waals surface area contributed by atoms with Crippen LogP contribution in [0.1, 0.15) is 39.0 Å². The smallest absolute Gasteiger partial charge is 0.406 e. The summed E-state index contributed by atoms with van der Waals surface area (Å²) < 4.78 is 42.9. The number of hydrogen-bond donors (Lipinski definition) is 1. The van der Waals surface area contributed by atoms with Gasteiger partial charge in [0.15, 0.2) is 5.84 Å². The zero-order chi connectivity index (χ0) is 26.4. The minimum absolute atomic E-state index is 0.217. The molecule has 0 spiro atoms. The van der Waals surface area contributed by atoms with Crippen LogP contribution in [0.15, 0.2) is 57.8 Å². The van der Waals surface area contributed by atoms with Crippen molar-refractivity contribution < 1.29 is 22.7 Å². The lowest BCUT2D eigenvalue weighted by atomic mass is 10.1. The number of hydrazone groups is 1. The van der Waals surface area contributed by atoms with Crippen molar-refractivity contribution in [1.82, 2.24) is 14.5 Å². The Balaban J connectivity index is 1.59. The van der Waals surface area contributed by atoms with Crippen LogP contribution < -0.4 is 20.6 Å². The summed E-state index contributed by atoms with van der Waals surface area (Å²) >= 11 is 0. The van der Waals surface area contributed by atoms with Crippen molar-refractivity contribution in [2.75, 3.05) is 30.0 Å². The molecule has 1 aromatic carbocycles. The van der Waals surface area contributed by atoms with Gasteiger partial charge in [0.25, 0.3) is 5.56 Å². The van der Waals surface area contributed by atoms with Gasteiger partial charge in [-0.05, 0) is 82.0 Å². The molecule has 1 amide bonds. The summed E-state index contributed by atoms with van der Waals surface area (Å²) in [5, 5.41) is 8.52. The molecule has 1 N–H and O–H groups in total. The Morgan fingerprint density at radius 1 is 1.16 bits per heavy atom. The topological polar surface area (TPSA) is 92.1 Å². The van der Waals surface area contributed by atoms with E-state index < -0.39 is 12.1 Å². The second-order valence-corrected chi connectivity index (χ2v) is 9.03. The number of rotatable bonds is 9. The molecular weight excluding hydrogens is 489 g/mol. The predicted octanol–water partition coefficient (Wildman–Crippen LogP) is 4.13. The van der Waals surface area contributed by atoms with Crippen molar-refractivity contribution in [2.24, 2.45) is 5.10 Å². The highest BCUT2D eigenvalue weighted by molar-refractivity contribution is 6.09. The number of ether oxygens (including phenoxy) is 1. The fourth-order valence-electron chi connectivity index (χ4n) is 4.51. The quantitative estimate of drug-likeness (QED) is 0.232. The number of amides is 1. The molecule has 0 bridgehead atoms. The number of aromatic nitrogens is 2. The Morgan fingerprint density at radius 3 is 2.51 bits per heavy atom. The Morgan fingerprint density at radius 2 is 1.89 bits per heavy atom. The van der Waals surface area contributed by atoms with Gasteiger partial charge in [0.1, 0.15) is 11.4 Å². The Labute approximate surface area is 212 Å². The Hall–Kier alpha value is -3.67. The molecule has 0 saturated carbocycles. The maximum absolute atomic E-state index is 13.2. The molecule has 2 aromatic rings. The van der Waals surface area contributed by atoms with Gasteiger partial charge >= 0.3 is 6.36 Å². The number of carbonyl (C=O) groups is 1. The standard InChI is InChI=1S/C25H29F3N6O3/c1-18-5-4-6-21(18)23(31-34(17-35)19-7-9-20(10-8-19)37-25(26,27)28)30-22-15-29-16-33(24(22)36)14-13-32-11-2-3-12-32/h7-10,15-17H,2-6,11-14H2,1H3,(H,30,31). The van der Waals surface area contributed by atoms with E-state index in [0.717, 1.165) is 73.6 Å². The minimum Gasteiger partial charge on any atom is -0.406 e. The van der Waals surface area contributed by atoms with E-state index in [2.05, 4.69) is 25.0 Å². The van der Waals surface area contributed by atoms with Gasteiger partial charge < -0.3 is 15.0 Å². The fraction of sp³-hybridized carbons (Fsp3) is 0.440. The molecule has 1 aliphatic heterocycles. The number of anilines is 2. The number of likely N-dealkylation sites (tertiary alicyclic amines) is 1. The summed E-state index contributed by atoms with van der Waals surface area (Å²) in [5.41, 5.74) is 2.13. The number of halogens is 3.